The third-order valence-corrected chi connectivity index (χ3v) is 7.34. The van der Waals surface area contributed by atoms with Gasteiger partial charge in [0, 0.05) is 17.4 Å². The Morgan fingerprint density at radius 1 is 1.23 bits per heavy atom. The van der Waals surface area contributed by atoms with Crippen LogP contribution in [0, 0.1) is 13.8 Å². The van der Waals surface area contributed by atoms with Crippen molar-refractivity contribution < 1.29 is 4.79 Å². The summed E-state index contributed by atoms with van der Waals surface area (Å²) in [5.74, 6) is 0.0817. The average molecular weight is 452 g/mol. The van der Waals surface area contributed by atoms with Gasteiger partial charge in [-0.15, -0.1) is 11.8 Å². The van der Waals surface area contributed by atoms with Crippen molar-refractivity contribution in [3.8, 4) is 0 Å². The van der Waals surface area contributed by atoms with Gasteiger partial charge < -0.3 is 5.32 Å². The molecule has 1 aromatic heterocycles. The molecule has 0 aliphatic carbocycles. The highest BCUT2D eigenvalue weighted by Gasteiger charge is 2.26. The maximum atomic E-state index is 13.2. The summed E-state index contributed by atoms with van der Waals surface area (Å²) >= 11 is 2.91. The lowest BCUT2D eigenvalue weighted by molar-refractivity contribution is -0.113. The number of carbonyl (C=O) groups is 1. The van der Waals surface area contributed by atoms with Crippen LogP contribution in [0.3, 0.4) is 0 Å². The molecule has 0 radical (unpaired) electrons. The fraction of sp³-hybridized carbons (Fsp3) is 0.292. The summed E-state index contributed by atoms with van der Waals surface area (Å²) in [6.07, 6.45) is 0.781. The van der Waals surface area contributed by atoms with Crippen LogP contribution in [0.1, 0.15) is 29.3 Å². The summed E-state index contributed by atoms with van der Waals surface area (Å²) < 4.78 is 1.70. The molecule has 5 nitrogen and oxygen atoms in total. The normalized spacial score (nSPS) is 15.0. The van der Waals surface area contributed by atoms with E-state index in [2.05, 4.69) is 12.2 Å². The lowest BCUT2D eigenvalue weighted by Crippen LogP contribution is -2.26. The number of rotatable bonds is 6. The summed E-state index contributed by atoms with van der Waals surface area (Å²) in [6.45, 7) is 6.52. The number of aromatic nitrogens is 2. The number of nitrogens with one attached hydrogen (secondary N) is 1. The minimum atomic E-state index is -0.109. The van der Waals surface area contributed by atoms with Crippen molar-refractivity contribution >= 4 is 35.1 Å². The Bertz CT molecular complexity index is 1180. The number of carbonyl (C=O) groups excluding carboxylic acids is 1. The molecule has 3 aromatic rings. The van der Waals surface area contributed by atoms with E-state index in [1.807, 2.05) is 62.4 Å². The van der Waals surface area contributed by atoms with Crippen molar-refractivity contribution in [1.82, 2.24) is 9.55 Å². The maximum Gasteiger partial charge on any atom is 0.268 e. The Balaban J connectivity index is 1.57. The minimum absolute atomic E-state index is 0.0133. The summed E-state index contributed by atoms with van der Waals surface area (Å²) in [5, 5.41) is 3.92. The zero-order chi connectivity index (χ0) is 22.0. The van der Waals surface area contributed by atoms with Crippen LogP contribution < -0.4 is 10.9 Å². The van der Waals surface area contributed by atoms with E-state index in [4.69, 9.17) is 4.98 Å². The minimum Gasteiger partial charge on any atom is -0.325 e. The zero-order valence-electron chi connectivity index (χ0n) is 17.8. The number of hydrogen-bond acceptors (Lipinski definition) is 5. The largest absolute Gasteiger partial charge is 0.325 e. The molecule has 0 saturated heterocycles. The Morgan fingerprint density at radius 2 is 2.00 bits per heavy atom. The molecule has 0 unspecified atom stereocenters. The molecule has 2 aromatic carbocycles. The third kappa shape index (κ3) is 5.05. The van der Waals surface area contributed by atoms with E-state index in [1.165, 1.54) is 11.8 Å². The molecule has 160 valence electrons. The maximum absolute atomic E-state index is 13.2. The van der Waals surface area contributed by atoms with Gasteiger partial charge in [0.1, 0.15) is 0 Å². The van der Waals surface area contributed by atoms with Crippen molar-refractivity contribution in [3.05, 3.63) is 81.3 Å². The van der Waals surface area contributed by atoms with E-state index < -0.39 is 0 Å². The van der Waals surface area contributed by atoms with Gasteiger partial charge in [-0.25, -0.2) is 4.98 Å². The van der Waals surface area contributed by atoms with Crippen LogP contribution in [0.2, 0.25) is 0 Å². The Kier molecular flexibility index (Phi) is 6.53. The van der Waals surface area contributed by atoms with Crippen LogP contribution in [0.15, 0.2) is 63.4 Å². The van der Waals surface area contributed by atoms with Crippen molar-refractivity contribution in [2.75, 3.05) is 11.1 Å². The molecule has 1 aliphatic rings. The Hall–Kier alpha value is -2.51. The van der Waals surface area contributed by atoms with Crippen molar-refractivity contribution in [2.24, 2.45) is 0 Å². The van der Waals surface area contributed by atoms with Gasteiger partial charge in [0.25, 0.3) is 5.56 Å². The molecule has 1 atom stereocenters. The summed E-state index contributed by atoms with van der Waals surface area (Å²) in [6, 6.07) is 15.9. The van der Waals surface area contributed by atoms with Crippen LogP contribution in [0.5, 0.6) is 0 Å². The van der Waals surface area contributed by atoms with Crippen molar-refractivity contribution in [3.63, 3.8) is 0 Å². The molecule has 2 heterocycles. The number of thioether (sulfide) groups is 2. The van der Waals surface area contributed by atoms with Gasteiger partial charge in [0.2, 0.25) is 5.91 Å². The molecule has 1 N–H and O–H groups in total. The summed E-state index contributed by atoms with van der Waals surface area (Å²) in [7, 11) is 0. The van der Waals surface area contributed by atoms with Gasteiger partial charge in [-0.2, -0.15) is 0 Å². The molecule has 7 heteroatoms. The van der Waals surface area contributed by atoms with Crippen LogP contribution in [0.4, 0.5) is 5.69 Å². The lowest BCUT2D eigenvalue weighted by Gasteiger charge is -2.14. The molecule has 31 heavy (non-hydrogen) atoms. The first-order chi connectivity index (χ1) is 14.9. The highest BCUT2D eigenvalue weighted by Crippen LogP contribution is 2.34. The predicted molar refractivity (Wildman–Crippen MR) is 128 cm³/mol. The smallest absolute Gasteiger partial charge is 0.268 e. The fourth-order valence-electron chi connectivity index (χ4n) is 3.53. The molecule has 0 spiro atoms. The molecular weight excluding hydrogens is 426 g/mol. The highest BCUT2D eigenvalue weighted by atomic mass is 32.2. The molecule has 1 amide bonds. The van der Waals surface area contributed by atoms with Gasteiger partial charge in [0.05, 0.1) is 22.9 Å². The average Bonchev–Trinajstić information content (AvgIpc) is 3.13. The first-order valence-corrected chi connectivity index (χ1v) is 12.1. The number of benzene rings is 2. The number of fused-ring (bicyclic) bond motifs is 1. The summed E-state index contributed by atoms with van der Waals surface area (Å²) in [4.78, 5) is 31.4. The second-order valence-electron chi connectivity index (χ2n) is 7.83. The van der Waals surface area contributed by atoms with E-state index in [9.17, 15) is 9.59 Å². The van der Waals surface area contributed by atoms with E-state index in [0.717, 1.165) is 39.4 Å². The second kappa shape index (κ2) is 9.32. The quantitative estimate of drug-likeness (QED) is 0.436. The lowest BCUT2D eigenvalue weighted by atomic mass is 10.1. The van der Waals surface area contributed by atoms with E-state index in [0.29, 0.717) is 17.0 Å². The van der Waals surface area contributed by atoms with E-state index >= 15 is 0 Å². The Morgan fingerprint density at radius 3 is 2.77 bits per heavy atom. The number of amides is 1. The molecule has 0 saturated carbocycles. The van der Waals surface area contributed by atoms with Gasteiger partial charge in [-0.05, 0) is 36.6 Å². The van der Waals surface area contributed by atoms with Crippen molar-refractivity contribution in [2.45, 2.75) is 49.0 Å². The molecule has 1 aliphatic heterocycles. The summed E-state index contributed by atoms with van der Waals surface area (Å²) in [5.41, 5.74) is 4.80. The zero-order valence-corrected chi connectivity index (χ0v) is 19.5. The molecule has 0 fully saturated rings. The number of nitrogens with zero attached hydrogens (tertiary/aromatic N) is 2. The molecule has 4 rings (SSSR count). The van der Waals surface area contributed by atoms with Gasteiger partial charge >= 0.3 is 0 Å². The second-order valence-corrected chi connectivity index (χ2v) is 10.2. The number of hydrogen-bond donors (Lipinski definition) is 1. The van der Waals surface area contributed by atoms with Gasteiger partial charge in [-0.1, -0.05) is 61.2 Å². The van der Waals surface area contributed by atoms with Gasteiger partial charge in [-0.3, -0.25) is 14.2 Å². The predicted octanol–water partition coefficient (Wildman–Crippen LogP) is 4.68. The fourth-order valence-corrected chi connectivity index (χ4v) is 5.46. The monoisotopic (exact) mass is 451 g/mol. The van der Waals surface area contributed by atoms with Crippen LogP contribution >= 0.6 is 23.5 Å². The van der Waals surface area contributed by atoms with E-state index in [-0.39, 0.29) is 17.2 Å². The standard InChI is InChI=1S/C24H25N3O2S2/c1-15-9-10-16(2)19(11-15)25-21(28)14-30-24-26-20-12-17(3)31-22(20)23(29)27(24)13-18-7-5-4-6-8-18/h4-11,17H,12-14H2,1-3H3,(H,25,28)/t17-/m0/s1. The highest BCUT2D eigenvalue weighted by molar-refractivity contribution is 8.00. The molecular formula is C24H25N3O2S2. The first kappa shape index (κ1) is 21.7. The number of aryl methyl sites for hydroxylation is 2. The van der Waals surface area contributed by atoms with Crippen LogP contribution in [0.25, 0.3) is 0 Å². The SMILES string of the molecule is Cc1ccc(C)c(NC(=O)CSc2nc3c(c(=O)n2Cc2ccccc2)S[C@@H](C)C3)c1. The van der Waals surface area contributed by atoms with Crippen LogP contribution in [-0.2, 0) is 17.8 Å². The van der Waals surface area contributed by atoms with Gasteiger partial charge in [0.15, 0.2) is 5.16 Å². The third-order valence-electron chi connectivity index (χ3n) is 5.15. The topological polar surface area (TPSA) is 64.0 Å². The number of anilines is 1. The molecule has 0 bridgehead atoms. The Labute approximate surface area is 190 Å². The van der Waals surface area contributed by atoms with Crippen LogP contribution in [-0.4, -0.2) is 26.5 Å². The van der Waals surface area contributed by atoms with Crippen molar-refractivity contribution in [1.29, 1.82) is 0 Å². The van der Waals surface area contributed by atoms with E-state index in [1.54, 1.807) is 16.3 Å². The first-order valence-electron chi connectivity index (χ1n) is 10.2.